The van der Waals surface area contributed by atoms with Crippen molar-refractivity contribution < 1.29 is 9.84 Å². The van der Waals surface area contributed by atoms with Gasteiger partial charge in [-0.05, 0) is 40.5 Å². The van der Waals surface area contributed by atoms with Gasteiger partial charge in [-0.15, -0.1) is 0 Å². The molecule has 0 radical (unpaired) electrons. The number of hydrogen-bond donors (Lipinski definition) is 1. The highest BCUT2D eigenvalue weighted by atomic mass is 16.5. The fourth-order valence-electron chi connectivity index (χ4n) is 3.15. The average Bonchev–Trinajstić information content (AvgIpc) is 3.20. The van der Waals surface area contributed by atoms with E-state index in [0.717, 1.165) is 12.8 Å². The third kappa shape index (κ3) is 3.64. The molecule has 0 unspecified atom stereocenters. The van der Waals surface area contributed by atoms with Crippen molar-refractivity contribution in [2.75, 3.05) is 6.61 Å². The molecule has 8 nitrogen and oxygen atoms in total. The van der Waals surface area contributed by atoms with Gasteiger partial charge in [-0.3, -0.25) is 4.57 Å². The van der Waals surface area contributed by atoms with Gasteiger partial charge in [0.25, 0.3) is 0 Å². The van der Waals surface area contributed by atoms with Crippen molar-refractivity contribution in [1.82, 2.24) is 24.4 Å². The Labute approximate surface area is 147 Å². The summed E-state index contributed by atoms with van der Waals surface area (Å²) in [7, 11) is 0. The van der Waals surface area contributed by atoms with Crippen LogP contribution in [0.25, 0.3) is 11.2 Å². The summed E-state index contributed by atoms with van der Waals surface area (Å²) in [4.78, 5) is 19.8. The summed E-state index contributed by atoms with van der Waals surface area (Å²) in [6.45, 7) is 8.56. The van der Waals surface area contributed by atoms with E-state index in [0.29, 0.717) is 29.1 Å². The lowest BCUT2D eigenvalue weighted by molar-refractivity contribution is -0.0207. The lowest BCUT2D eigenvalue weighted by atomic mass is 10.2. The second kappa shape index (κ2) is 7.45. The van der Waals surface area contributed by atoms with Crippen molar-refractivity contribution >= 4 is 23.3 Å². The number of rotatable bonds is 6. The Hall–Kier alpha value is -2.06. The first-order valence-corrected chi connectivity index (χ1v) is 8.76. The molecule has 25 heavy (non-hydrogen) atoms. The molecule has 2 atom stereocenters. The molecule has 8 heteroatoms. The van der Waals surface area contributed by atoms with E-state index in [2.05, 4.69) is 52.5 Å². The summed E-state index contributed by atoms with van der Waals surface area (Å²) in [6, 6.07) is 0.696. The molecule has 0 aromatic carbocycles. The number of aromatic nitrogens is 4. The van der Waals surface area contributed by atoms with Gasteiger partial charge in [0.15, 0.2) is 17.0 Å². The highest BCUT2D eigenvalue weighted by molar-refractivity contribution is 5.83. The molecular formula is C17H26N6O2. The molecule has 0 bridgehead atoms. The first kappa shape index (κ1) is 17.8. The van der Waals surface area contributed by atoms with E-state index in [4.69, 9.17) is 4.74 Å². The number of fused-ring (bicyclic) bond motifs is 1. The Morgan fingerprint density at radius 3 is 2.68 bits per heavy atom. The van der Waals surface area contributed by atoms with Crippen molar-refractivity contribution in [1.29, 1.82) is 0 Å². The molecule has 0 aliphatic carbocycles. The number of aliphatic imine (C=N–C) groups is 1. The summed E-state index contributed by atoms with van der Waals surface area (Å²) in [5.74, 6) is 0.548. The molecule has 1 aliphatic heterocycles. The van der Waals surface area contributed by atoms with Crippen LogP contribution in [0.3, 0.4) is 0 Å². The average molecular weight is 346 g/mol. The number of aliphatic hydroxyl groups is 1. The van der Waals surface area contributed by atoms with Gasteiger partial charge in [0.05, 0.1) is 25.4 Å². The smallest absolute Gasteiger partial charge is 0.184 e. The summed E-state index contributed by atoms with van der Waals surface area (Å²) in [5, 5.41) is 9.25. The van der Waals surface area contributed by atoms with Crippen molar-refractivity contribution in [2.24, 2.45) is 4.99 Å². The van der Waals surface area contributed by atoms with E-state index < -0.39 is 0 Å². The van der Waals surface area contributed by atoms with E-state index in [1.165, 1.54) is 6.33 Å². The first-order chi connectivity index (χ1) is 12.0. The van der Waals surface area contributed by atoms with Crippen LogP contribution in [-0.2, 0) is 4.74 Å². The number of hydrogen-bond acceptors (Lipinski definition) is 6. The molecule has 1 fully saturated rings. The van der Waals surface area contributed by atoms with E-state index in [9.17, 15) is 5.11 Å². The molecule has 1 aliphatic rings. The summed E-state index contributed by atoms with van der Waals surface area (Å²) >= 11 is 0. The zero-order valence-corrected chi connectivity index (χ0v) is 15.2. The third-order valence-electron chi connectivity index (χ3n) is 4.44. The van der Waals surface area contributed by atoms with Crippen LogP contribution in [0, 0.1) is 0 Å². The Kier molecular flexibility index (Phi) is 5.29. The van der Waals surface area contributed by atoms with Crippen LogP contribution in [0.1, 0.15) is 46.8 Å². The van der Waals surface area contributed by atoms with Crippen LogP contribution >= 0.6 is 0 Å². The maximum Gasteiger partial charge on any atom is 0.184 e. The second-order valence-corrected chi connectivity index (χ2v) is 6.87. The molecular weight excluding hydrogens is 320 g/mol. The van der Waals surface area contributed by atoms with Gasteiger partial charge in [-0.25, -0.2) is 19.9 Å². The molecule has 0 spiro atoms. The van der Waals surface area contributed by atoms with Crippen molar-refractivity contribution in [2.45, 2.75) is 65.0 Å². The lowest BCUT2D eigenvalue weighted by Gasteiger charge is -2.27. The molecule has 136 valence electrons. The maximum absolute atomic E-state index is 9.25. The Morgan fingerprint density at radius 1 is 1.28 bits per heavy atom. The fourth-order valence-corrected chi connectivity index (χ4v) is 3.15. The van der Waals surface area contributed by atoms with Crippen LogP contribution < -0.4 is 0 Å². The van der Waals surface area contributed by atoms with Gasteiger partial charge < -0.3 is 14.7 Å². The van der Waals surface area contributed by atoms with Gasteiger partial charge in [0.1, 0.15) is 12.6 Å². The predicted octanol–water partition coefficient (Wildman–Crippen LogP) is 2.27. The lowest BCUT2D eigenvalue weighted by Crippen LogP contribution is -2.35. The molecule has 1 N–H and O–H groups in total. The minimum absolute atomic E-state index is 0.0356. The maximum atomic E-state index is 9.25. The summed E-state index contributed by atoms with van der Waals surface area (Å²) in [6.07, 6.45) is 6.42. The Bertz CT molecular complexity index is 734. The van der Waals surface area contributed by atoms with Gasteiger partial charge in [0, 0.05) is 12.1 Å². The van der Waals surface area contributed by atoms with E-state index in [-0.39, 0.29) is 18.9 Å². The molecule has 0 amide bonds. The minimum Gasteiger partial charge on any atom is -0.394 e. The van der Waals surface area contributed by atoms with Gasteiger partial charge >= 0.3 is 0 Å². The molecule has 3 heterocycles. The zero-order chi connectivity index (χ0) is 18.0. The molecule has 1 saturated heterocycles. The van der Waals surface area contributed by atoms with Gasteiger partial charge in [-0.2, -0.15) is 0 Å². The van der Waals surface area contributed by atoms with Crippen LogP contribution in [-0.4, -0.2) is 60.7 Å². The molecule has 0 saturated carbocycles. The standard InChI is InChI=1S/C17H26N6O2/c1-11(2)22(12(3)4)10-21-16-15-17(19-8-18-16)23(9-20-15)14-6-5-13(7-24)25-14/h8-14,24H,5-7H2,1-4H3/t13-,14+/m0/s1. The largest absolute Gasteiger partial charge is 0.394 e. The number of imidazole rings is 1. The quantitative estimate of drug-likeness (QED) is 0.638. The van der Waals surface area contributed by atoms with Crippen LogP contribution in [0.5, 0.6) is 0 Å². The van der Waals surface area contributed by atoms with Gasteiger partial charge in [-0.1, -0.05) is 0 Å². The van der Waals surface area contributed by atoms with E-state index >= 15 is 0 Å². The van der Waals surface area contributed by atoms with Crippen molar-refractivity contribution in [3.63, 3.8) is 0 Å². The van der Waals surface area contributed by atoms with E-state index in [1.54, 1.807) is 6.33 Å². The number of ether oxygens (including phenoxy) is 1. The normalized spacial score (nSPS) is 21.2. The van der Waals surface area contributed by atoms with Crippen LogP contribution in [0.15, 0.2) is 17.6 Å². The first-order valence-electron chi connectivity index (χ1n) is 8.76. The predicted molar refractivity (Wildman–Crippen MR) is 95.8 cm³/mol. The minimum atomic E-state index is -0.156. The highest BCUT2D eigenvalue weighted by Crippen LogP contribution is 2.31. The topological polar surface area (TPSA) is 88.7 Å². The van der Waals surface area contributed by atoms with E-state index in [1.807, 2.05) is 10.9 Å². The monoisotopic (exact) mass is 346 g/mol. The number of nitrogens with zero attached hydrogens (tertiary/aromatic N) is 6. The van der Waals surface area contributed by atoms with Crippen molar-refractivity contribution in [3.8, 4) is 0 Å². The van der Waals surface area contributed by atoms with Crippen molar-refractivity contribution in [3.05, 3.63) is 12.7 Å². The van der Waals surface area contributed by atoms with Gasteiger partial charge in [0.2, 0.25) is 0 Å². The van der Waals surface area contributed by atoms with Crippen LogP contribution in [0.4, 0.5) is 5.82 Å². The Balaban J connectivity index is 1.89. The highest BCUT2D eigenvalue weighted by Gasteiger charge is 2.27. The van der Waals surface area contributed by atoms with Crippen LogP contribution in [0.2, 0.25) is 0 Å². The Morgan fingerprint density at radius 2 is 2.04 bits per heavy atom. The fraction of sp³-hybridized carbons (Fsp3) is 0.647. The molecule has 2 aromatic rings. The zero-order valence-electron chi connectivity index (χ0n) is 15.2. The summed E-state index contributed by atoms with van der Waals surface area (Å²) < 4.78 is 7.73. The third-order valence-corrected chi connectivity index (χ3v) is 4.44. The summed E-state index contributed by atoms with van der Waals surface area (Å²) in [5.41, 5.74) is 1.36. The number of aliphatic hydroxyl groups excluding tert-OH is 1. The SMILES string of the molecule is CC(C)N(C=Nc1ncnc2c1ncn2[C@H]1CC[C@@H](CO)O1)C(C)C. The molecule has 2 aromatic heterocycles. The second-order valence-electron chi connectivity index (χ2n) is 6.87. The molecule has 3 rings (SSSR count).